The Balaban J connectivity index is 1.16. The van der Waals surface area contributed by atoms with Gasteiger partial charge >= 0.3 is 5.97 Å². The van der Waals surface area contributed by atoms with Gasteiger partial charge in [0.25, 0.3) is 0 Å². The molecule has 3 aromatic heterocycles. The second-order valence-electron chi connectivity index (χ2n) is 10.8. The standard InChI is InChI=1S/C37H31Cl2N5O4/c1-3-47-37(46)26-12-9-25(10-13-26)11-16-34(45)41-21-27-6-5-18-44(27)31-15-14-30(38)29(35(31)39)22-48-33-8-4-7-28-32(43-19-17-40-23-43)20-24(2)42-36(28)33/h4-20,23H,3,21-22H2,1-2H3,(H,41,45)/b16-11+. The van der Waals surface area contributed by atoms with Gasteiger partial charge in [0.2, 0.25) is 5.91 Å². The SMILES string of the molecule is CCOC(=O)c1ccc(/C=C/C(=O)NCc2cccn2-c2ccc(Cl)c(COc3cccc4c(-n5ccnc5)cc(C)nc34)c2Cl)cc1. The van der Waals surface area contributed by atoms with Gasteiger partial charge in [-0.25, -0.2) is 14.8 Å². The van der Waals surface area contributed by atoms with Gasteiger partial charge in [-0.2, -0.15) is 0 Å². The van der Waals surface area contributed by atoms with Gasteiger partial charge in [0.15, 0.2) is 0 Å². The smallest absolute Gasteiger partial charge is 0.338 e. The number of hydrogen-bond acceptors (Lipinski definition) is 6. The molecule has 0 aliphatic carbocycles. The Morgan fingerprint density at radius 2 is 1.81 bits per heavy atom. The van der Waals surface area contributed by atoms with Gasteiger partial charge in [-0.15, -0.1) is 0 Å². The van der Waals surface area contributed by atoms with E-state index in [1.807, 2.05) is 70.9 Å². The van der Waals surface area contributed by atoms with Crippen molar-refractivity contribution in [2.75, 3.05) is 6.61 Å². The number of para-hydroxylation sites is 1. The number of rotatable bonds is 11. The molecule has 0 saturated heterocycles. The molecule has 0 fully saturated rings. The minimum Gasteiger partial charge on any atom is -0.487 e. The van der Waals surface area contributed by atoms with E-state index in [4.69, 9.17) is 37.7 Å². The van der Waals surface area contributed by atoms with Crippen LogP contribution in [0.3, 0.4) is 0 Å². The summed E-state index contributed by atoms with van der Waals surface area (Å²) in [6, 6.07) is 22.0. The predicted molar refractivity (Wildman–Crippen MR) is 187 cm³/mol. The molecule has 0 aliphatic rings. The van der Waals surface area contributed by atoms with Crippen LogP contribution in [0.2, 0.25) is 10.0 Å². The van der Waals surface area contributed by atoms with Crippen LogP contribution in [-0.4, -0.2) is 37.6 Å². The second kappa shape index (κ2) is 14.6. The van der Waals surface area contributed by atoms with Crippen LogP contribution in [0.15, 0.2) is 104 Å². The molecule has 0 saturated carbocycles. The second-order valence-corrected chi connectivity index (χ2v) is 11.6. The molecule has 0 radical (unpaired) electrons. The third kappa shape index (κ3) is 7.12. The van der Waals surface area contributed by atoms with Crippen LogP contribution in [0.1, 0.15) is 39.8 Å². The molecule has 1 amide bonds. The predicted octanol–water partition coefficient (Wildman–Crippen LogP) is 7.91. The number of nitrogens with one attached hydrogen (secondary N) is 1. The molecule has 0 aliphatic heterocycles. The summed E-state index contributed by atoms with van der Waals surface area (Å²) in [5, 5.41) is 4.73. The van der Waals surface area contributed by atoms with Gasteiger partial charge < -0.3 is 23.9 Å². The Bertz CT molecular complexity index is 2120. The first-order chi connectivity index (χ1) is 23.3. The highest BCUT2D eigenvalue weighted by atomic mass is 35.5. The van der Waals surface area contributed by atoms with Crippen LogP contribution in [0.5, 0.6) is 5.75 Å². The summed E-state index contributed by atoms with van der Waals surface area (Å²) in [7, 11) is 0. The van der Waals surface area contributed by atoms with Gasteiger partial charge in [-0.3, -0.25) is 4.79 Å². The number of esters is 1. The van der Waals surface area contributed by atoms with E-state index in [1.165, 1.54) is 6.08 Å². The normalized spacial score (nSPS) is 11.2. The van der Waals surface area contributed by atoms with E-state index in [0.29, 0.717) is 39.2 Å². The number of pyridine rings is 1. The van der Waals surface area contributed by atoms with Gasteiger partial charge in [-0.05, 0) is 74.0 Å². The van der Waals surface area contributed by atoms with E-state index < -0.39 is 0 Å². The summed E-state index contributed by atoms with van der Waals surface area (Å²) in [5.41, 5.74) is 5.87. The fourth-order valence-corrected chi connectivity index (χ4v) is 5.83. The topological polar surface area (TPSA) is 100 Å². The fraction of sp³-hybridized carbons (Fsp3) is 0.135. The van der Waals surface area contributed by atoms with Crippen molar-refractivity contribution in [1.82, 2.24) is 24.4 Å². The van der Waals surface area contributed by atoms with Crippen molar-refractivity contribution >= 4 is 52.1 Å². The number of imidazole rings is 1. The van der Waals surface area contributed by atoms with E-state index in [0.717, 1.165) is 33.5 Å². The summed E-state index contributed by atoms with van der Waals surface area (Å²) in [4.78, 5) is 33.5. The first kappa shape index (κ1) is 32.6. The molecule has 6 rings (SSSR count). The Kier molecular flexibility index (Phi) is 9.89. The maximum atomic E-state index is 12.7. The van der Waals surface area contributed by atoms with E-state index in [9.17, 15) is 9.59 Å². The van der Waals surface area contributed by atoms with Crippen LogP contribution in [0, 0.1) is 6.92 Å². The molecule has 242 valence electrons. The van der Waals surface area contributed by atoms with Crippen molar-refractivity contribution in [1.29, 1.82) is 0 Å². The molecule has 6 aromatic rings. The minimum atomic E-state index is -0.382. The largest absolute Gasteiger partial charge is 0.487 e. The highest BCUT2D eigenvalue weighted by molar-refractivity contribution is 6.37. The molecule has 48 heavy (non-hydrogen) atoms. The highest BCUT2D eigenvalue weighted by Crippen LogP contribution is 2.34. The van der Waals surface area contributed by atoms with Crippen molar-refractivity contribution in [3.05, 3.63) is 142 Å². The molecule has 0 bridgehead atoms. The number of halogens is 2. The summed E-state index contributed by atoms with van der Waals surface area (Å²) in [6.07, 6.45) is 10.4. The van der Waals surface area contributed by atoms with Gasteiger partial charge in [0.1, 0.15) is 17.9 Å². The average molecular weight is 681 g/mol. The number of fused-ring (bicyclic) bond motifs is 1. The molecule has 0 unspecified atom stereocenters. The Labute approximate surface area is 287 Å². The van der Waals surface area contributed by atoms with Crippen LogP contribution < -0.4 is 10.1 Å². The highest BCUT2D eigenvalue weighted by Gasteiger charge is 2.17. The van der Waals surface area contributed by atoms with Crippen LogP contribution in [0.25, 0.3) is 28.4 Å². The summed E-state index contributed by atoms with van der Waals surface area (Å²) in [6.45, 7) is 4.37. The molecule has 0 spiro atoms. The van der Waals surface area contributed by atoms with Gasteiger partial charge in [-0.1, -0.05) is 47.5 Å². The fourth-order valence-electron chi connectivity index (χ4n) is 5.26. The molecule has 9 nitrogen and oxygen atoms in total. The number of amides is 1. The number of ether oxygens (including phenoxy) is 2. The average Bonchev–Trinajstić information content (AvgIpc) is 3.80. The lowest BCUT2D eigenvalue weighted by molar-refractivity contribution is -0.116. The van der Waals surface area contributed by atoms with E-state index in [-0.39, 0.29) is 25.0 Å². The van der Waals surface area contributed by atoms with Crippen molar-refractivity contribution in [2.24, 2.45) is 0 Å². The maximum Gasteiger partial charge on any atom is 0.338 e. The molecule has 0 atom stereocenters. The van der Waals surface area contributed by atoms with Crippen LogP contribution >= 0.6 is 23.2 Å². The first-order valence-corrected chi connectivity index (χ1v) is 16.0. The summed E-state index contributed by atoms with van der Waals surface area (Å²) < 4.78 is 15.2. The third-order valence-corrected chi connectivity index (χ3v) is 8.39. The van der Waals surface area contributed by atoms with E-state index in [1.54, 1.807) is 55.9 Å². The van der Waals surface area contributed by atoms with Crippen molar-refractivity contribution in [2.45, 2.75) is 27.0 Å². The first-order valence-electron chi connectivity index (χ1n) is 15.2. The monoisotopic (exact) mass is 679 g/mol. The zero-order valence-corrected chi connectivity index (χ0v) is 27.7. The Hall–Kier alpha value is -5.38. The molecule has 1 N–H and O–H groups in total. The molecule has 11 heteroatoms. The number of hydrogen-bond donors (Lipinski definition) is 1. The summed E-state index contributed by atoms with van der Waals surface area (Å²) in [5.74, 6) is -0.0573. The summed E-state index contributed by atoms with van der Waals surface area (Å²) >= 11 is 13.6. The lowest BCUT2D eigenvalue weighted by atomic mass is 10.1. The molecule has 3 heterocycles. The van der Waals surface area contributed by atoms with Crippen LogP contribution in [-0.2, 0) is 22.7 Å². The molecular formula is C37H31Cl2N5O4. The number of aromatic nitrogens is 4. The zero-order chi connectivity index (χ0) is 33.6. The van der Waals surface area contributed by atoms with Crippen LogP contribution in [0.4, 0.5) is 0 Å². The number of carbonyl (C=O) groups excluding carboxylic acids is 2. The molecule has 3 aromatic carbocycles. The van der Waals surface area contributed by atoms with E-state index in [2.05, 4.69) is 10.3 Å². The maximum absolute atomic E-state index is 12.7. The van der Waals surface area contributed by atoms with E-state index >= 15 is 0 Å². The number of aryl methyl sites for hydroxylation is 1. The third-order valence-electron chi connectivity index (χ3n) is 7.61. The molecular weight excluding hydrogens is 649 g/mol. The number of carbonyl (C=O) groups is 2. The minimum absolute atomic E-state index is 0.111. The zero-order valence-electron chi connectivity index (χ0n) is 26.2. The lowest BCUT2D eigenvalue weighted by Crippen LogP contribution is -2.21. The van der Waals surface area contributed by atoms with Gasteiger partial charge in [0, 0.05) is 52.0 Å². The van der Waals surface area contributed by atoms with Crippen molar-refractivity contribution < 1.29 is 19.1 Å². The number of nitrogens with zero attached hydrogens (tertiary/aromatic N) is 4. The number of benzene rings is 3. The van der Waals surface area contributed by atoms with Crippen molar-refractivity contribution in [3.63, 3.8) is 0 Å². The Morgan fingerprint density at radius 3 is 2.58 bits per heavy atom. The quantitative estimate of drug-likeness (QED) is 0.110. The Morgan fingerprint density at radius 1 is 0.979 bits per heavy atom. The lowest BCUT2D eigenvalue weighted by Gasteiger charge is -2.17. The van der Waals surface area contributed by atoms with Gasteiger partial charge in [0.05, 0.1) is 41.4 Å². The van der Waals surface area contributed by atoms with Crippen molar-refractivity contribution in [3.8, 4) is 17.1 Å².